The number of phosphoric ester groups is 1. The maximum Gasteiger partial charge on any atom is 1.00 e. The van der Waals surface area contributed by atoms with E-state index in [9.17, 15) is 4.57 Å². The first-order valence-corrected chi connectivity index (χ1v) is 3.17. The molecule has 9 heavy (non-hydrogen) atoms. The van der Waals surface area contributed by atoms with E-state index in [1.807, 2.05) is 5.73 Å². The van der Waals surface area contributed by atoms with Gasteiger partial charge in [-0.25, -0.2) is 4.57 Å². The first kappa shape index (κ1) is 12.2. The molecule has 0 aliphatic carbocycles. The van der Waals surface area contributed by atoms with Crippen molar-refractivity contribution in [3.63, 3.8) is 0 Å². The number of hydrogen-bond donors (Lipinski definition) is 2. The SMILES string of the molecule is C=C=COP(=O)(O)O.[H-].[Na+]. The molecule has 0 aliphatic rings. The second-order valence-electron chi connectivity index (χ2n) is 0.918. The molecule has 0 heterocycles. The molecule has 0 rings (SSSR count). The molecule has 0 bridgehead atoms. The van der Waals surface area contributed by atoms with E-state index in [0.29, 0.717) is 6.26 Å². The minimum Gasteiger partial charge on any atom is -1.00 e. The first-order chi connectivity index (χ1) is 3.56. The monoisotopic (exact) mass is 160 g/mol. The van der Waals surface area contributed by atoms with Crippen molar-refractivity contribution >= 4 is 7.82 Å². The predicted molar refractivity (Wildman–Crippen MR) is 28.0 cm³/mol. The summed E-state index contributed by atoms with van der Waals surface area (Å²) < 4.78 is 13.5. The molecular formula is C3H6NaO4P. The van der Waals surface area contributed by atoms with Crippen LogP contribution >= 0.6 is 7.82 Å². The summed E-state index contributed by atoms with van der Waals surface area (Å²) >= 11 is 0. The van der Waals surface area contributed by atoms with Crippen molar-refractivity contribution < 1.29 is 49.9 Å². The van der Waals surface area contributed by atoms with Gasteiger partial charge >= 0.3 is 37.4 Å². The van der Waals surface area contributed by atoms with Crippen molar-refractivity contribution in [2.75, 3.05) is 0 Å². The Morgan fingerprint density at radius 3 is 2.33 bits per heavy atom. The van der Waals surface area contributed by atoms with E-state index in [4.69, 9.17) is 9.79 Å². The third kappa shape index (κ3) is 11.8. The van der Waals surface area contributed by atoms with E-state index >= 15 is 0 Å². The van der Waals surface area contributed by atoms with Crippen LogP contribution in [0.15, 0.2) is 18.6 Å². The van der Waals surface area contributed by atoms with Crippen molar-refractivity contribution in [1.82, 2.24) is 0 Å². The fourth-order valence-electron chi connectivity index (χ4n) is 0.106. The van der Waals surface area contributed by atoms with Gasteiger partial charge in [-0.1, -0.05) is 12.3 Å². The van der Waals surface area contributed by atoms with Crippen molar-refractivity contribution in [1.29, 1.82) is 0 Å². The molecule has 0 spiro atoms. The van der Waals surface area contributed by atoms with Gasteiger partial charge in [-0.05, 0) is 0 Å². The van der Waals surface area contributed by atoms with Gasteiger partial charge in [-0.3, -0.25) is 9.79 Å². The van der Waals surface area contributed by atoms with E-state index in [-0.39, 0.29) is 31.0 Å². The zero-order valence-electron chi connectivity index (χ0n) is 5.94. The van der Waals surface area contributed by atoms with E-state index in [1.54, 1.807) is 0 Å². The third-order valence-corrected chi connectivity index (χ3v) is 0.653. The molecule has 4 nitrogen and oxygen atoms in total. The second kappa shape index (κ2) is 5.27. The van der Waals surface area contributed by atoms with Crippen LogP contribution in [-0.4, -0.2) is 9.79 Å². The van der Waals surface area contributed by atoms with Gasteiger partial charge in [0.25, 0.3) is 0 Å². The summed E-state index contributed by atoms with van der Waals surface area (Å²) in [4.78, 5) is 15.9. The third-order valence-electron chi connectivity index (χ3n) is 0.273. The van der Waals surface area contributed by atoms with Crippen LogP contribution in [0.2, 0.25) is 0 Å². The Labute approximate surface area is 76.2 Å². The molecule has 0 radical (unpaired) electrons. The molecule has 0 aliphatic heterocycles. The van der Waals surface area contributed by atoms with Gasteiger partial charge in [0.1, 0.15) is 6.26 Å². The molecule has 0 aromatic heterocycles. The van der Waals surface area contributed by atoms with Crippen LogP contribution in [0, 0.1) is 0 Å². The number of hydrogen-bond acceptors (Lipinski definition) is 2. The van der Waals surface area contributed by atoms with Crippen molar-refractivity contribution in [3.05, 3.63) is 18.6 Å². The molecule has 0 saturated carbocycles. The van der Waals surface area contributed by atoms with Crippen molar-refractivity contribution in [2.45, 2.75) is 0 Å². The normalized spacial score (nSPS) is 8.67. The molecule has 0 aromatic rings. The molecule has 6 heteroatoms. The smallest absolute Gasteiger partial charge is 1.00 e. The summed E-state index contributed by atoms with van der Waals surface area (Å²) in [5.74, 6) is 0. The van der Waals surface area contributed by atoms with Crippen LogP contribution in [0.25, 0.3) is 0 Å². The zero-order chi connectivity index (χ0) is 6.62. The minimum absolute atomic E-state index is 0. The Balaban J connectivity index is -0.000000245. The van der Waals surface area contributed by atoms with E-state index in [2.05, 4.69) is 11.1 Å². The van der Waals surface area contributed by atoms with Gasteiger partial charge in [0, 0.05) is 0 Å². The Bertz CT molecular complexity index is 160. The van der Waals surface area contributed by atoms with Gasteiger partial charge in [0.15, 0.2) is 0 Å². The van der Waals surface area contributed by atoms with Gasteiger partial charge in [0.05, 0.1) is 0 Å². The van der Waals surface area contributed by atoms with Gasteiger partial charge in [-0.15, -0.1) is 0 Å². The van der Waals surface area contributed by atoms with E-state index in [0.717, 1.165) is 0 Å². The standard InChI is InChI=1S/C3H5O4P.Na.H/c1-2-3-7-8(4,5)6;;/h3H,1H2,(H2,4,5,6);;/q;+1;-1. The fraction of sp³-hybridized carbons (Fsp3) is 0. The topological polar surface area (TPSA) is 66.8 Å². The second-order valence-corrected chi connectivity index (χ2v) is 2.11. The van der Waals surface area contributed by atoms with E-state index in [1.165, 1.54) is 0 Å². The molecule has 0 amide bonds. The van der Waals surface area contributed by atoms with Crippen LogP contribution in [0.4, 0.5) is 0 Å². The van der Waals surface area contributed by atoms with Crippen LogP contribution in [-0.2, 0) is 9.09 Å². The van der Waals surface area contributed by atoms with Gasteiger partial charge in [-0.2, -0.15) is 0 Å². The largest absolute Gasteiger partial charge is 1.00 e. The average molecular weight is 160 g/mol. The molecule has 0 unspecified atom stereocenters. The predicted octanol–water partition coefficient (Wildman–Crippen LogP) is -2.49. The first-order valence-electron chi connectivity index (χ1n) is 1.64. The Morgan fingerprint density at radius 1 is 1.78 bits per heavy atom. The molecule has 48 valence electrons. The Kier molecular flexibility index (Phi) is 7.13. The molecule has 2 N–H and O–H groups in total. The number of rotatable bonds is 2. The Morgan fingerprint density at radius 2 is 2.22 bits per heavy atom. The molecular weight excluding hydrogens is 154 g/mol. The fourth-order valence-corrected chi connectivity index (χ4v) is 0.318. The van der Waals surface area contributed by atoms with Gasteiger partial charge < -0.3 is 5.95 Å². The summed E-state index contributed by atoms with van der Waals surface area (Å²) in [6, 6.07) is 0. The summed E-state index contributed by atoms with van der Waals surface area (Å²) in [6.45, 7) is 3.01. The summed E-state index contributed by atoms with van der Waals surface area (Å²) in [5, 5.41) is 0. The quantitative estimate of drug-likeness (QED) is 0.203. The average Bonchev–Trinajstić information content (AvgIpc) is 1.59. The summed E-state index contributed by atoms with van der Waals surface area (Å²) in [5.41, 5.74) is 2.03. The minimum atomic E-state index is -4.34. The summed E-state index contributed by atoms with van der Waals surface area (Å²) in [7, 11) is -4.34. The van der Waals surface area contributed by atoms with Crippen LogP contribution in [0.3, 0.4) is 0 Å². The summed E-state index contributed by atoms with van der Waals surface area (Å²) in [6.07, 6.45) is 0.709. The molecule has 0 saturated heterocycles. The van der Waals surface area contributed by atoms with Crippen molar-refractivity contribution in [3.8, 4) is 0 Å². The molecule has 0 atom stereocenters. The maximum atomic E-state index is 9.76. The number of phosphoric acid groups is 1. The zero-order valence-corrected chi connectivity index (χ0v) is 7.84. The Hall–Kier alpha value is 0.470. The molecule has 0 aromatic carbocycles. The van der Waals surface area contributed by atoms with Crippen LogP contribution < -0.4 is 29.6 Å². The van der Waals surface area contributed by atoms with Crippen molar-refractivity contribution in [2.24, 2.45) is 0 Å². The van der Waals surface area contributed by atoms with Crippen LogP contribution in [0.5, 0.6) is 0 Å². The molecule has 0 fully saturated rings. The maximum absolute atomic E-state index is 9.76. The van der Waals surface area contributed by atoms with E-state index < -0.39 is 7.82 Å². The van der Waals surface area contributed by atoms with Crippen LogP contribution in [0.1, 0.15) is 1.43 Å². The van der Waals surface area contributed by atoms with Gasteiger partial charge in [0.2, 0.25) is 0 Å².